The van der Waals surface area contributed by atoms with Crippen LogP contribution in [0, 0.1) is 5.92 Å². The summed E-state index contributed by atoms with van der Waals surface area (Å²) in [6.07, 6.45) is 1.66. The minimum atomic E-state index is -0.555. The highest BCUT2D eigenvalue weighted by Gasteiger charge is 2.10. The Labute approximate surface area is 98.4 Å². The lowest BCUT2D eigenvalue weighted by Gasteiger charge is -2.15. The van der Waals surface area contributed by atoms with Crippen LogP contribution in [0.5, 0.6) is 0 Å². The van der Waals surface area contributed by atoms with Gasteiger partial charge in [0.15, 0.2) is 0 Å². The number of aliphatic hydroxyl groups is 1. The molecule has 1 atom stereocenters. The van der Waals surface area contributed by atoms with Crippen LogP contribution in [-0.2, 0) is 0 Å². The first-order valence-corrected chi connectivity index (χ1v) is 6.17. The number of hydrogen-bond acceptors (Lipinski definition) is 5. The van der Waals surface area contributed by atoms with Crippen molar-refractivity contribution in [2.75, 3.05) is 5.32 Å². The Bertz CT molecular complexity index is 469. The van der Waals surface area contributed by atoms with Crippen LogP contribution < -0.4 is 5.32 Å². The van der Waals surface area contributed by atoms with Gasteiger partial charge >= 0.3 is 0 Å². The van der Waals surface area contributed by atoms with E-state index in [1.807, 2.05) is 11.4 Å². The molecule has 0 fully saturated rings. The van der Waals surface area contributed by atoms with Crippen molar-refractivity contribution in [3.63, 3.8) is 0 Å². The molecule has 0 saturated heterocycles. The number of anilines is 1. The topological polar surface area (TPSA) is 58.0 Å². The lowest BCUT2D eigenvalue weighted by atomic mass is 10.1. The van der Waals surface area contributed by atoms with Crippen molar-refractivity contribution >= 4 is 27.4 Å². The van der Waals surface area contributed by atoms with Gasteiger partial charge in [-0.1, -0.05) is 13.8 Å². The van der Waals surface area contributed by atoms with Crippen molar-refractivity contribution in [2.24, 2.45) is 5.92 Å². The summed E-state index contributed by atoms with van der Waals surface area (Å²) in [6, 6.07) is 1.95. The van der Waals surface area contributed by atoms with Gasteiger partial charge in [0.05, 0.1) is 10.2 Å². The molecule has 1 unspecified atom stereocenters. The zero-order valence-electron chi connectivity index (χ0n) is 9.34. The number of fused-ring (bicyclic) bond motifs is 1. The maximum Gasteiger partial charge on any atom is 0.149 e. The summed E-state index contributed by atoms with van der Waals surface area (Å²) in [7, 11) is 0. The molecule has 0 spiro atoms. The smallest absolute Gasteiger partial charge is 0.149 e. The van der Waals surface area contributed by atoms with Crippen molar-refractivity contribution in [2.45, 2.75) is 26.5 Å². The number of aliphatic hydroxyl groups excluding tert-OH is 1. The zero-order valence-corrected chi connectivity index (χ0v) is 10.2. The molecule has 2 rings (SSSR count). The van der Waals surface area contributed by atoms with E-state index in [9.17, 15) is 5.11 Å². The molecular weight excluding hydrogens is 222 g/mol. The summed E-state index contributed by atoms with van der Waals surface area (Å²) >= 11 is 1.58. The van der Waals surface area contributed by atoms with Crippen LogP contribution in [0.25, 0.3) is 10.2 Å². The standard InChI is InChI=1S/C11H15N3OS/c1-7(2)5-9(15)14-11-10-8(3-4-16-10)12-6-13-11/h3-4,6-7,9,15H,5H2,1-2H3,(H,12,13,14). The molecular formula is C11H15N3OS. The van der Waals surface area contributed by atoms with Gasteiger partial charge in [-0.15, -0.1) is 11.3 Å². The lowest BCUT2D eigenvalue weighted by molar-refractivity contribution is 0.176. The molecule has 2 heterocycles. The Balaban J connectivity index is 2.17. The second-order valence-electron chi connectivity index (χ2n) is 4.15. The number of hydrogen-bond donors (Lipinski definition) is 2. The summed E-state index contributed by atoms with van der Waals surface area (Å²) in [5, 5.41) is 14.8. The molecule has 5 heteroatoms. The quantitative estimate of drug-likeness (QED) is 0.802. The number of aromatic nitrogens is 2. The number of nitrogens with zero attached hydrogens (tertiary/aromatic N) is 2. The normalized spacial score (nSPS) is 13.2. The van der Waals surface area contributed by atoms with E-state index in [4.69, 9.17) is 0 Å². The predicted molar refractivity (Wildman–Crippen MR) is 66.5 cm³/mol. The second-order valence-corrected chi connectivity index (χ2v) is 5.06. The van der Waals surface area contributed by atoms with Gasteiger partial charge in [0.25, 0.3) is 0 Å². The SMILES string of the molecule is CC(C)CC(O)Nc1ncnc2ccsc12. The van der Waals surface area contributed by atoms with Crippen LogP contribution in [0.1, 0.15) is 20.3 Å². The zero-order chi connectivity index (χ0) is 11.5. The van der Waals surface area contributed by atoms with E-state index in [1.165, 1.54) is 6.33 Å². The van der Waals surface area contributed by atoms with Crippen LogP contribution >= 0.6 is 11.3 Å². The van der Waals surface area contributed by atoms with Crippen LogP contribution in [0.2, 0.25) is 0 Å². The lowest BCUT2D eigenvalue weighted by Crippen LogP contribution is -2.21. The fourth-order valence-corrected chi connectivity index (χ4v) is 2.35. The third kappa shape index (κ3) is 2.48. The monoisotopic (exact) mass is 237 g/mol. The first-order valence-electron chi connectivity index (χ1n) is 5.29. The van der Waals surface area contributed by atoms with E-state index in [0.717, 1.165) is 10.2 Å². The first kappa shape index (κ1) is 11.3. The van der Waals surface area contributed by atoms with E-state index in [-0.39, 0.29) is 0 Å². The molecule has 0 aliphatic heterocycles. The molecule has 86 valence electrons. The maximum absolute atomic E-state index is 9.80. The highest BCUT2D eigenvalue weighted by atomic mass is 32.1. The van der Waals surface area contributed by atoms with Crippen LogP contribution in [-0.4, -0.2) is 21.3 Å². The largest absolute Gasteiger partial charge is 0.374 e. The molecule has 0 aromatic carbocycles. The average molecular weight is 237 g/mol. The van der Waals surface area contributed by atoms with Gasteiger partial charge in [0.2, 0.25) is 0 Å². The van der Waals surface area contributed by atoms with E-state index in [0.29, 0.717) is 18.2 Å². The van der Waals surface area contributed by atoms with Crippen molar-refractivity contribution in [1.29, 1.82) is 0 Å². The third-order valence-corrected chi connectivity index (χ3v) is 3.15. The van der Waals surface area contributed by atoms with Gasteiger partial charge in [-0.3, -0.25) is 0 Å². The van der Waals surface area contributed by atoms with Gasteiger partial charge in [-0.25, -0.2) is 9.97 Å². The Morgan fingerprint density at radius 2 is 2.25 bits per heavy atom. The van der Waals surface area contributed by atoms with E-state index >= 15 is 0 Å². The van der Waals surface area contributed by atoms with Crippen LogP contribution in [0.15, 0.2) is 17.8 Å². The molecule has 16 heavy (non-hydrogen) atoms. The molecule has 0 saturated carbocycles. The maximum atomic E-state index is 9.80. The highest BCUT2D eigenvalue weighted by molar-refractivity contribution is 7.17. The molecule has 0 bridgehead atoms. The number of rotatable bonds is 4. The molecule has 2 N–H and O–H groups in total. The average Bonchev–Trinajstić information content (AvgIpc) is 2.65. The van der Waals surface area contributed by atoms with Crippen molar-refractivity contribution in [1.82, 2.24) is 9.97 Å². The van der Waals surface area contributed by atoms with Crippen molar-refractivity contribution in [3.8, 4) is 0 Å². The summed E-state index contributed by atoms with van der Waals surface area (Å²) in [4.78, 5) is 8.30. The number of thiophene rings is 1. The molecule has 0 amide bonds. The van der Waals surface area contributed by atoms with Gasteiger partial charge in [0, 0.05) is 0 Å². The van der Waals surface area contributed by atoms with E-state index < -0.39 is 6.23 Å². The number of nitrogens with one attached hydrogen (secondary N) is 1. The Morgan fingerprint density at radius 1 is 1.44 bits per heavy atom. The Kier molecular flexibility index (Phi) is 3.36. The molecule has 4 nitrogen and oxygen atoms in total. The third-order valence-electron chi connectivity index (χ3n) is 2.24. The predicted octanol–water partition coefficient (Wildman–Crippen LogP) is 2.47. The van der Waals surface area contributed by atoms with E-state index in [1.54, 1.807) is 11.3 Å². The van der Waals surface area contributed by atoms with Gasteiger partial charge < -0.3 is 10.4 Å². The minimum absolute atomic E-state index is 0.447. The molecule has 2 aromatic rings. The van der Waals surface area contributed by atoms with Crippen LogP contribution in [0.4, 0.5) is 5.82 Å². The summed E-state index contributed by atoms with van der Waals surface area (Å²) in [5.41, 5.74) is 0.916. The minimum Gasteiger partial charge on any atom is -0.374 e. The van der Waals surface area contributed by atoms with Crippen molar-refractivity contribution < 1.29 is 5.11 Å². The fourth-order valence-electron chi connectivity index (χ4n) is 1.55. The molecule has 0 aliphatic carbocycles. The van der Waals surface area contributed by atoms with Gasteiger partial charge in [-0.2, -0.15) is 0 Å². The fraction of sp³-hybridized carbons (Fsp3) is 0.455. The Hall–Kier alpha value is -1.20. The van der Waals surface area contributed by atoms with Crippen LogP contribution in [0.3, 0.4) is 0 Å². The summed E-state index contributed by atoms with van der Waals surface area (Å²) in [6.45, 7) is 4.15. The second kappa shape index (κ2) is 4.76. The first-order chi connectivity index (χ1) is 7.66. The highest BCUT2D eigenvalue weighted by Crippen LogP contribution is 2.25. The van der Waals surface area contributed by atoms with E-state index in [2.05, 4.69) is 29.1 Å². The van der Waals surface area contributed by atoms with Gasteiger partial charge in [-0.05, 0) is 23.8 Å². The molecule has 0 radical (unpaired) electrons. The molecule has 0 aliphatic rings. The summed E-state index contributed by atoms with van der Waals surface area (Å²) in [5.74, 6) is 1.16. The van der Waals surface area contributed by atoms with Gasteiger partial charge in [0.1, 0.15) is 18.4 Å². The molecule has 2 aromatic heterocycles. The summed E-state index contributed by atoms with van der Waals surface area (Å²) < 4.78 is 0.991. The van der Waals surface area contributed by atoms with Crippen molar-refractivity contribution in [3.05, 3.63) is 17.8 Å². The Morgan fingerprint density at radius 3 is 3.00 bits per heavy atom.